The minimum atomic E-state index is -0.896. The Bertz CT molecular complexity index is 523. The van der Waals surface area contributed by atoms with Gasteiger partial charge in [0.15, 0.2) is 5.82 Å². The summed E-state index contributed by atoms with van der Waals surface area (Å²) in [6, 6.07) is 7.14. The van der Waals surface area contributed by atoms with Crippen LogP contribution in [-0.2, 0) is 11.2 Å². The Hall–Kier alpha value is -1.94. The summed E-state index contributed by atoms with van der Waals surface area (Å²) in [6.45, 7) is 0. The van der Waals surface area contributed by atoms with Crippen LogP contribution in [0.25, 0.3) is 11.4 Å². The van der Waals surface area contributed by atoms with Crippen molar-refractivity contribution in [3.63, 3.8) is 0 Å². The van der Waals surface area contributed by atoms with Gasteiger partial charge in [0, 0.05) is 23.0 Å². The van der Waals surface area contributed by atoms with Crippen LogP contribution >= 0.6 is 11.6 Å². The monoisotopic (exact) mass is 248 g/mol. The van der Waals surface area contributed by atoms with Crippen molar-refractivity contribution in [1.29, 1.82) is 0 Å². The van der Waals surface area contributed by atoms with E-state index in [0.29, 0.717) is 16.4 Å². The lowest BCUT2D eigenvalue weighted by molar-refractivity contribution is -0.136. The molecule has 17 heavy (non-hydrogen) atoms. The van der Waals surface area contributed by atoms with Gasteiger partial charge in [0.1, 0.15) is 0 Å². The van der Waals surface area contributed by atoms with Crippen LogP contribution in [-0.4, -0.2) is 21.0 Å². The van der Waals surface area contributed by atoms with Crippen LogP contribution in [0.3, 0.4) is 0 Å². The summed E-state index contributed by atoms with van der Waals surface area (Å²) < 4.78 is 0. The molecule has 0 bridgehead atoms. The predicted octanol–water partition coefficient (Wildman–Crippen LogP) is 2.42. The number of aromatic nitrogens is 2. The van der Waals surface area contributed by atoms with Gasteiger partial charge >= 0.3 is 5.97 Å². The van der Waals surface area contributed by atoms with Gasteiger partial charge in [0.2, 0.25) is 0 Å². The number of carboxylic acid groups (broad SMARTS) is 1. The highest BCUT2D eigenvalue weighted by molar-refractivity contribution is 6.30. The van der Waals surface area contributed by atoms with Crippen LogP contribution in [0.1, 0.15) is 5.56 Å². The zero-order valence-electron chi connectivity index (χ0n) is 8.80. The fourth-order valence-electron chi connectivity index (χ4n) is 1.37. The van der Waals surface area contributed by atoms with E-state index in [9.17, 15) is 4.79 Å². The summed E-state index contributed by atoms with van der Waals surface area (Å²) in [4.78, 5) is 18.7. The minimum Gasteiger partial charge on any atom is -0.481 e. The number of carboxylic acids is 1. The first-order valence-electron chi connectivity index (χ1n) is 4.94. The molecule has 0 aliphatic carbocycles. The average Bonchev–Trinajstić information content (AvgIpc) is 2.30. The number of hydrogen-bond donors (Lipinski definition) is 1. The molecule has 2 rings (SSSR count). The van der Waals surface area contributed by atoms with E-state index in [1.165, 1.54) is 12.4 Å². The molecular weight excluding hydrogens is 240 g/mol. The first kappa shape index (κ1) is 11.5. The van der Waals surface area contributed by atoms with Gasteiger partial charge in [-0.15, -0.1) is 0 Å². The van der Waals surface area contributed by atoms with Gasteiger partial charge in [0.25, 0.3) is 0 Å². The van der Waals surface area contributed by atoms with Crippen LogP contribution in [0.4, 0.5) is 0 Å². The second-order valence-corrected chi connectivity index (χ2v) is 3.93. The number of carbonyl (C=O) groups is 1. The van der Waals surface area contributed by atoms with Crippen molar-refractivity contribution in [2.75, 3.05) is 0 Å². The summed E-state index contributed by atoms with van der Waals surface area (Å²) in [6.07, 6.45) is 2.97. The van der Waals surface area contributed by atoms with Gasteiger partial charge in [-0.3, -0.25) is 4.79 Å². The summed E-state index contributed by atoms with van der Waals surface area (Å²) in [5, 5.41) is 9.26. The molecule has 1 aromatic carbocycles. The first-order chi connectivity index (χ1) is 8.15. The third-order valence-electron chi connectivity index (χ3n) is 2.16. The smallest absolute Gasteiger partial charge is 0.307 e. The van der Waals surface area contributed by atoms with Gasteiger partial charge in [-0.1, -0.05) is 11.6 Å². The molecule has 0 spiro atoms. The van der Waals surface area contributed by atoms with E-state index in [4.69, 9.17) is 16.7 Å². The van der Waals surface area contributed by atoms with E-state index in [1.54, 1.807) is 12.1 Å². The Balaban J connectivity index is 2.23. The summed E-state index contributed by atoms with van der Waals surface area (Å²) >= 11 is 5.78. The SMILES string of the molecule is O=C(O)Cc1cnc(-c2ccc(Cl)cc2)nc1. The maximum atomic E-state index is 10.5. The van der Waals surface area contributed by atoms with Crippen LogP contribution in [0.5, 0.6) is 0 Å². The number of halogens is 1. The molecule has 2 aromatic rings. The second-order valence-electron chi connectivity index (χ2n) is 3.49. The highest BCUT2D eigenvalue weighted by atomic mass is 35.5. The number of rotatable bonds is 3. The van der Waals surface area contributed by atoms with Crippen molar-refractivity contribution in [3.05, 3.63) is 47.2 Å². The standard InChI is InChI=1S/C12H9ClN2O2/c13-10-3-1-9(2-4-10)12-14-6-8(7-15-12)5-11(16)17/h1-4,6-7H,5H2,(H,16,17). The van der Waals surface area contributed by atoms with E-state index in [-0.39, 0.29) is 6.42 Å². The molecule has 0 fully saturated rings. The third-order valence-corrected chi connectivity index (χ3v) is 2.42. The summed E-state index contributed by atoms with van der Waals surface area (Å²) in [5.41, 5.74) is 1.42. The highest BCUT2D eigenvalue weighted by Crippen LogP contribution is 2.17. The van der Waals surface area contributed by atoms with E-state index < -0.39 is 5.97 Å². The molecule has 86 valence electrons. The van der Waals surface area contributed by atoms with Crippen LogP contribution < -0.4 is 0 Å². The Morgan fingerprint density at radius 1 is 1.18 bits per heavy atom. The molecule has 0 radical (unpaired) electrons. The molecule has 0 amide bonds. The molecule has 1 aromatic heterocycles. The average molecular weight is 249 g/mol. The van der Waals surface area contributed by atoms with E-state index in [1.807, 2.05) is 12.1 Å². The van der Waals surface area contributed by atoms with Crippen molar-refractivity contribution in [1.82, 2.24) is 9.97 Å². The van der Waals surface area contributed by atoms with Gasteiger partial charge in [-0.25, -0.2) is 9.97 Å². The van der Waals surface area contributed by atoms with E-state index in [2.05, 4.69) is 9.97 Å². The molecule has 5 heteroatoms. The van der Waals surface area contributed by atoms with Gasteiger partial charge in [-0.2, -0.15) is 0 Å². The Morgan fingerprint density at radius 3 is 2.29 bits per heavy atom. The summed E-state index contributed by atoms with van der Waals surface area (Å²) in [7, 11) is 0. The molecule has 1 heterocycles. The normalized spacial score (nSPS) is 10.2. The summed E-state index contributed by atoms with van der Waals surface area (Å²) in [5.74, 6) is -0.344. The van der Waals surface area contributed by atoms with Crippen molar-refractivity contribution in [3.8, 4) is 11.4 Å². The predicted molar refractivity (Wildman–Crippen MR) is 63.8 cm³/mol. The highest BCUT2D eigenvalue weighted by Gasteiger charge is 2.04. The zero-order valence-corrected chi connectivity index (χ0v) is 9.55. The van der Waals surface area contributed by atoms with Crippen LogP contribution in [0.15, 0.2) is 36.7 Å². The lowest BCUT2D eigenvalue weighted by atomic mass is 10.2. The van der Waals surface area contributed by atoms with Crippen LogP contribution in [0.2, 0.25) is 5.02 Å². The van der Waals surface area contributed by atoms with Gasteiger partial charge < -0.3 is 5.11 Å². The molecule has 0 saturated carbocycles. The molecule has 0 aliphatic heterocycles. The number of aliphatic carboxylic acids is 1. The van der Waals surface area contributed by atoms with E-state index in [0.717, 1.165) is 5.56 Å². The van der Waals surface area contributed by atoms with Crippen molar-refractivity contribution >= 4 is 17.6 Å². The van der Waals surface area contributed by atoms with Crippen LogP contribution in [0, 0.1) is 0 Å². The zero-order chi connectivity index (χ0) is 12.3. The quantitative estimate of drug-likeness (QED) is 0.906. The van der Waals surface area contributed by atoms with Crippen molar-refractivity contribution < 1.29 is 9.90 Å². The molecule has 4 nitrogen and oxygen atoms in total. The Kier molecular flexibility index (Phi) is 3.35. The maximum Gasteiger partial charge on any atom is 0.307 e. The molecule has 0 atom stereocenters. The van der Waals surface area contributed by atoms with Gasteiger partial charge in [0.05, 0.1) is 6.42 Å². The fraction of sp³-hybridized carbons (Fsp3) is 0.0833. The molecule has 1 N–H and O–H groups in total. The molecule has 0 saturated heterocycles. The van der Waals surface area contributed by atoms with Crippen molar-refractivity contribution in [2.24, 2.45) is 0 Å². The number of nitrogens with zero attached hydrogens (tertiary/aromatic N) is 2. The molecular formula is C12H9ClN2O2. The Morgan fingerprint density at radius 2 is 1.76 bits per heavy atom. The van der Waals surface area contributed by atoms with Crippen molar-refractivity contribution in [2.45, 2.75) is 6.42 Å². The molecule has 0 unspecified atom stereocenters. The Labute approximate surface area is 103 Å². The van der Waals surface area contributed by atoms with E-state index >= 15 is 0 Å². The largest absolute Gasteiger partial charge is 0.481 e. The molecule has 0 aliphatic rings. The third kappa shape index (κ3) is 3.01. The minimum absolute atomic E-state index is 0.0686. The number of benzene rings is 1. The topological polar surface area (TPSA) is 63.1 Å². The number of hydrogen-bond acceptors (Lipinski definition) is 3. The fourth-order valence-corrected chi connectivity index (χ4v) is 1.49. The maximum absolute atomic E-state index is 10.5. The lowest BCUT2D eigenvalue weighted by Crippen LogP contribution is -2.01. The lowest BCUT2D eigenvalue weighted by Gasteiger charge is -2.01. The second kappa shape index (κ2) is 4.93. The van der Waals surface area contributed by atoms with Gasteiger partial charge in [-0.05, 0) is 29.8 Å². The first-order valence-corrected chi connectivity index (χ1v) is 5.31.